The molecule has 1 saturated heterocycles. The molecule has 2 heterocycles. The summed E-state index contributed by atoms with van der Waals surface area (Å²) >= 11 is 0. The van der Waals surface area contributed by atoms with Crippen molar-refractivity contribution in [2.24, 2.45) is 0 Å². The van der Waals surface area contributed by atoms with Crippen molar-refractivity contribution in [3.63, 3.8) is 0 Å². The van der Waals surface area contributed by atoms with Crippen molar-refractivity contribution in [1.82, 2.24) is 15.2 Å². The van der Waals surface area contributed by atoms with E-state index in [-0.39, 0.29) is 0 Å². The fraction of sp³-hybridized carbons (Fsp3) is 0.750. The van der Waals surface area contributed by atoms with Crippen LogP contribution in [0.3, 0.4) is 0 Å². The maximum absolute atomic E-state index is 5.64. The molecule has 0 radical (unpaired) electrons. The first-order valence-electron chi connectivity index (χ1n) is 5.97. The second-order valence-electron chi connectivity index (χ2n) is 4.78. The van der Waals surface area contributed by atoms with Crippen LogP contribution in [0.15, 0.2) is 4.42 Å². The van der Waals surface area contributed by atoms with Crippen LogP contribution in [0.25, 0.3) is 0 Å². The Bertz CT molecular complexity index is 332. The zero-order valence-electron chi connectivity index (χ0n) is 10.6. The number of nitrogens with one attached hydrogen (secondary N) is 1. The first-order chi connectivity index (χ1) is 7.58. The second kappa shape index (κ2) is 4.55. The highest BCUT2D eigenvalue weighted by molar-refractivity contribution is 5.05. The van der Waals surface area contributed by atoms with E-state index in [1.54, 1.807) is 0 Å². The molecule has 1 aromatic rings. The minimum absolute atomic E-state index is 0.538. The zero-order valence-corrected chi connectivity index (χ0v) is 10.6. The lowest BCUT2D eigenvalue weighted by Gasteiger charge is -2.38. The van der Waals surface area contributed by atoms with Crippen molar-refractivity contribution in [2.45, 2.75) is 46.3 Å². The third-order valence-corrected chi connectivity index (χ3v) is 3.40. The molecule has 1 aliphatic heterocycles. The molecule has 2 rings (SSSR count). The van der Waals surface area contributed by atoms with Crippen LogP contribution in [0, 0.1) is 13.8 Å². The molecule has 2 atom stereocenters. The number of rotatable bonds is 2. The molecule has 1 aliphatic rings. The van der Waals surface area contributed by atoms with E-state index in [4.69, 9.17) is 4.42 Å². The average Bonchev–Trinajstić information content (AvgIpc) is 2.53. The van der Waals surface area contributed by atoms with Gasteiger partial charge in [-0.25, -0.2) is 4.98 Å². The summed E-state index contributed by atoms with van der Waals surface area (Å²) in [7, 11) is 0. The van der Waals surface area contributed by atoms with E-state index in [0.29, 0.717) is 12.1 Å². The molecule has 2 unspecified atom stereocenters. The summed E-state index contributed by atoms with van der Waals surface area (Å²) in [6.07, 6.45) is 0. The fourth-order valence-electron chi connectivity index (χ4n) is 2.24. The lowest BCUT2D eigenvalue weighted by atomic mass is 10.1. The summed E-state index contributed by atoms with van der Waals surface area (Å²) in [5.41, 5.74) is 1.01. The van der Waals surface area contributed by atoms with Gasteiger partial charge in [0.15, 0.2) is 0 Å². The molecule has 4 heteroatoms. The largest absolute Gasteiger partial charge is 0.444 e. The van der Waals surface area contributed by atoms with Crippen LogP contribution in [0.5, 0.6) is 0 Å². The predicted octanol–water partition coefficient (Wildman–Crippen LogP) is 1.47. The van der Waals surface area contributed by atoms with Gasteiger partial charge in [-0.05, 0) is 27.7 Å². The van der Waals surface area contributed by atoms with E-state index < -0.39 is 0 Å². The fourth-order valence-corrected chi connectivity index (χ4v) is 2.24. The number of aryl methyl sites for hydroxylation is 2. The summed E-state index contributed by atoms with van der Waals surface area (Å²) in [6.45, 7) is 11.4. The van der Waals surface area contributed by atoms with Gasteiger partial charge in [0.05, 0.1) is 12.2 Å². The first-order valence-corrected chi connectivity index (χ1v) is 5.97. The van der Waals surface area contributed by atoms with Gasteiger partial charge in [-0.3, -0.25) is 4.90 Å². The average molecular weight is 223 g/mol. The van der Waals surface area contributed by atoms with Gasteiger partial charge in [0.1, 0.15) is 5.76 Å². The monoisotopic (exact) mass is 223 g/mol. The van der Waals surface area contributed by atoms with Gasteiger partial charge in [-0.1, -0.05) is 0 Å². The third-order valence-electron chi connectivity index (χ3n) is 3.40. The smallest absolute Gasteiger partial charge is 0.208 e. The van der Waals surface area contributed by atoms with Crippen LogP contribution in [-0.4, -0.2) is 35.1 Å². The van der Waals surface area contributed by atoms with Gasteiger partial charge in [0, 0.05) is 25.2 Å². The van der Waals surface area contributed by atoms with Crippen molar-refractivity contribution in [3.8, 4) is 0 Å². The van der Waals surface area contributed by atoms with Crippen LogP contribution >= 0.6 is 0 Å². The SMILES string of the molecule is Cc1nc(CN2C(C)CNCC2C)oc1C. The summed E-state index contributed by atoms with van der Waals surface area (Å²) < 4.78 is 5.64. The van der Waals surface area contributed by atoms with E-state index in [1.807, 2.05) is 13.8 Å². The Morgan fingerprint density at radius 3 is 2.44 bits per heavy atom. The maximum Gasteiger partial charge on any atom is 0.208 e. The molecular weight excluding hydrogens is 202 g/mol. The molecule has 16 heavy (non-hydrogen) atoms. The van der Waals surface area contributed by atoms with Crippen LogP contribution in [0.1, 0.15) is 31.2 Å². The Kier molecular flexibility index (Phi) is 3.30. The zero-order chi connectivity index (χ0) is 11.7. The Morgan fingerprint density at radius 1 is 1.31 bits per heavy atom. The van der Waals surface area contributed by atoms with Crippen LogP contribution < -0.4 is 5.32 Å². The van der Waals surface area contributed by atoms with Crippen molar-refractivity contribution in [2.75, 3.05) is 13.1 Å². The van der Waals surface area contributed by atoms with Gasteiger partial charge in [-0.15, -0.1) is 0 Å². The summed E-state index contributed by atoms with van der Waals surface area (Å²) in [5.74, 6) is 1.78. The summed E-state index contributed by atoms with van der Waals surface area (Å²) in [6, 6.07) is 1.08. The molecule has 0 aliphatic carbocycles. The number of hydrogen-bond acceptors (Lipinski definition) is 4. The number of hydrogen-bond donors (Lipinski definition) is 1. The second-order valence-corrected chi connectivity index (χ2v) is 4.78. The van der Waals surface area contributed by atoms with Crippen LogP contribution in [0.4, 0.5) is 0 Å². The Morgan fingerprint density at radius 2 is 1.94 bits per heavy atom. The van der Waals surface area contributed by atoms with E-state index in [2.05, 4.69) is 29.0 Å². The van der Waals surface area contributed by atoms with Crippen molar-refractivity contribution >= 4 is 0 Å². The molecule has 90 valence electrons. The molecule has 0 bridgehead atoms. The summed E-state index contributed by atoms with van der Waals surface area (Å²) in [5, 5.41) is 3.42. The molecule has 1 fully saturated rings. The molecule has 0 aromatic carbocycles. The highest BCUT2D eigenvalue weighted by Gasteiger charge is 2.25. The number of aromatic nitrogens is 1. The molecule has 4 nitrogen and oxygen atoms in total. The highest BCUT2D eigenvalue weighted by atomic mass is 16.4. The first kappa shape index (κ1) is 11.6. The minimum atomic E-state index is 0.538. The predicted molar refractivity (Wildman–Crippen MR) is 63.3 cm³/mol. The third kappa shape index (κ3) is 2.28. The van der Waals surface area contributed by atoms with Gasteiger partial charge in [0.25, 0.3) is 0 Å². The molecule has 1 N–H and O–H groups in total. The van der Waals surface area contributed by atoms with Gasteiger partial charge >= 0.3 is 0 Å². The summed E-state index contributed by atoms with van der Waals surface area (Å²) in [4.78, 5) is 6.89. The van der Waals surface area contributed by atoms with Crippen LogP contribution in [0.2, 0.25) is 0 Å². The number of oxazole rings is 1. The Labute approximate surface area is 97.0 Å². The molecule has 0 amide bonds. The van der Waals surface area contributed by atoms with Crippen LogP contribution in [-0.2, 0) is 6.54 Å². The molecular formula is C12H21N3O. The molecule has 0 saturated carbocycles. The van der Waals surface area contributed by atoms with E-state index >= 15 is 0 Å². The normalized spacial score (nSPS) is 27.2. The van der Waals surface area contributed by atoms with Crippen molar-refractivity contribution in [1.29, 1.82) is 0 Å². The minimum Gasteiger partial charge on any atom is -0.444 e. The van der Waals surface area contributed by atoms with E-state index in [1.165, 1.54) is 0 Å². The van der Waals surface area contributed by atoms with Gasteiger partial charge in [-0.2, -0.15) is 0 Å². The molecule has 0 spiro atoms. The molecule has 1 aromatic heterocycles. The maximum atomic E-state index is 5.64. The highest BCUT2D eigenvalue weighted by Crippen LogP contribution is 2.16. The van der Waals surface area contributed by atoms with E-state index in [0.717, 1.165) is 37.0 Å². The topological polar surface area (TPSA) is 41.3 Å². The number of nitrogens with zero attached hydrogens (tertiary/aromatic N) is 2. The quantitative estimate of drug-likeness (QED) is 0.824. The van der Waals surface area contributed by atoms with Crippen molar-refractivity contribution < 1.29 is 4.42 Å². The van der Waals surface area contributed by atoms with Gasteiger partial charge in [0.2, 0.25) is 5.89 Å². The standard InChI is InChI=1S/C12H21N3O/c1-8-5-13-6-9(2)15(8)7-12-14-10(3)11(4)16-12/h8-9,13H,5-7H2,1-4H3. The Hall–Kier alpha value is -0.870. The van der Waals surface area contributed by atoms with Crippen molar-refractivity contribution in [3.05, 3.63) is 17.3 Å². The Balaban J connectivity index is 2.07. The number of piperazine rings is 1. The lowest BCUT2D eigenvalue weighted by molar-refractivity contribution is 0.0973. The van der Waals surface area contributed by atoms with Gasteiger partial charge < -0.3 is 9.73 Å². The van der Waals surface area contributed by atoms with E-state index in [9.17, 15) is 0 Å². The lowest BCUT2D eigenvalue weighted by Crippen LogP contribution is -2.54.